The SMILES string of the molecule is Nc1ncnn2cc(C3CN=CO3)c(-c3ccc(NC(=O)Nc4cc(F)cc(C(F)(F)F)c4)cc3)c12. The number of halogens is 4. The maximum Gasteiger partial charge on any atom is 0.416 e. The summed E-state index contributed by atoms with van der Waals surface area (Å²) in [6, 6.07) is 7.59. The Labute approximate surface area is 200 Å². The summed E-state index contributed by atoms with van der Waals surface area (Å²) < 4.78 is 59.5. The zero-order chi connectivity index (χ0) is 25.4. The normalized spacial score (nSPS) is 15.2. The molecule has 13 heteroatoms. The highest BCUT2D eigenvalue weighted by molar-refractivity contribution is 6.00. The van der Waals surface area contributed by atoms with Crippen LogP contribution in [0.5, 0.6) is 0 Å². The Hall–Kier alpha value is -4.68. The highest BCUT2D eigenvalue weighted by Gasteiger charge is 2.31. The first kappa shape index (κ1) is 23.1. The highest BCUT2D eigenvalue weighted by atomic mass is 19.4. The van der Waals surface area contributed by atoms with Gasteiger partial charge in [-0.3, -0.25) is 4.99 Å². The molecule has 2 aromatic heterocycles. The van der Waals surface area contributed by atoms with Crippen LogP contribution in [0.1, 0.15) is 17.2 Å². The second-order valence-corrected chi connectivity index (χ2v) is 7.88. The van der Waals surface area contributed by atoms with Gasteiger partial charge >= 0.3 is 12.2 Å². The third-order valence-electron chi connectivity index (χ3n) is 5.46. The number of fused-ring (bicyclic) bond motifs is 1. The van der Waals surface area contributed by atoms with E-state index in [0.717, 1.165) is 22.8 Å². The summed E-state index contributed by atoms with van der Waals surface area (Å²) >= 11 is 0. The van der Waals surface area contributed by atoms with Gasteiger partial charge in [0, 0.05) is 28.7 Å². The molecular weight excluding hydrogens is 482 g/mol. The third kappa shape index (κ3) is 4.50. The van der Waals surface area contributed by atoms with E-state index in [1.165, 1.54) is 12.7 Å². The second kappa shape index (κ2) is 8.83. The van der Waals surface area contributed by atoms with Crippen LogP contribution in [-0.2, 0) is 10.9 Å². The molecule has 1 atom stereocenters. The van der Waals surface area contributed by atoms with E-state index in [1.54, 1.807) is 35.0 Å². The second-order valence-electron chi connectivity index (χ2n) is 7.88. The van der Waals surface area contributed by atoms with Gasteiger partial charge in [-0.1, -0.05) is 12.1 Å². The Bertz CT molecular complexity index is 1470. The van der Waals surface area contributed by atoms with E-state index in [9.17, 15) is 22.4 Å². The van der Waals surface area contributed by atoms with E-state index >= 15 is 0 Å². The molecule has 1 aliphatic rings. The molecule has 0 saturated heterocycles. The molecule has 36 heavy (non-hydrogen) atoms. The Balaban J connectivity index is 1.39. The number of aromatic nitrogens is 3. The van der Waals surface area contributed by atoms with Crippen molar-refractivity contribution >= 4 is 35.1 Å². The largest absolute Gasteiger partial charge is 0.474 e. The molecule has 2 aromatic carbocycles. The molecule has 1 aliphatic heterocycles. The molecule has 4 aromatic rings. The van der Waals surface area contributed by atoms with Gasteiger partial charge in [0.2, 0.25) is 0 Å². The minimum absolute atomic E-state index is 0.264. The molecule has 9 nitrogen and oxygen atoms in total. The van der Waals surface area contributed by atoms with Crippen molar-refractivity contribution < 1.29 is 27.1 Å². The van der Waals surface area contributed by atoms with E-state index in [1.807, 2.05) is 0 Å². The van der Waals surface area contributed by atoms with E-state index in [-0.39, 0.29) is 17.6 Å². The lowest BCUT2D eigenvalue weighted by molar-refractivity contribution is -0.137. The van der Waals surface area contributed by atoms with Crippen LogP contribution >= 0.6 is 0 Å². The summed E-state index contributed by atoms with van der Waals surface area (Å²) in [4.78, 5) is 20.5. The van der Waals surface area contributed by atoms with Gasteiger partial charge in [0.1, 0.15) is 23.8 Å². The van der Waals surface area contributed by atoms with Gasteiger partial charge in [0.25, 0.3) is 0 Å². The molecule has 2 amide bonds. The van der Waals surface area contributed by atoms with E-state index in [0.29, 0.717) is 29.9 Å². The van der Waals surface area contributed by atoms with Crippen molar-refractivity contribution in [3.05, 3.63) is 71.9 Å². The van der Waals surface area contributed by atoms with Crippen LogP contribution < -0.4 is 16.4 Å². The average molecular weight is 499 g/mol. The molecule has 0 radical (unpaired) electrons. The molecule has 184 valence electrons. The first-order valence-corrected chi connectivity index (χ1v) is 10.5. The van der Waals surface area contributed by atoms with Crippen molar-refractivity contribution in [1.82, 2.24) is 14.6 Å². The number of urea groups is 1. The van der Waals surface area contributed by atoms with Crippen LogP contribution in [0.25, 0.3) is 16.6 Å². The smallest absolute Gasteiger partial charge is 0.416 e. The summed E-state index contributed by atoms with van der Waals surface area (Å²) in [7, 11) is 0. The Morgan fingerprint density at radius 3 is 2.56 bits per heavy atom. The number of aliphatic imine (C=N–C) groups is 1. The molecule has 0 fully saturated rings. The van der Waals surface area contributed by atoms with Crippen LogP contribution in [-0.4, -0.2) is 33.6 Å². The van der Waals surface area contributed by atoms with Gasteiger partial charge in [-0.2, -0.15) is 18.3 Å². The maximum absolute atomic E-state index is 13.6. The number of nitrogens with one attached hydrogen (secondary N) is 2. The molecule has 5 rings (SSSR count). The molecule has 1 unspecified atom stereocenters. The highest BCUT2D eigenvalue weighted by Crippen LogP contribution is 2.38. The van der Waals surface area contributed by atoms with Gasteiger partial charge in [0.05, 0.1) is 12.1 Å². The molecule has 0 spiro atoms. The number of carbonyl (C=O) groups is 1. The Morgan fingerprint density at radius 2 is 1.86 bits per heavy atom. The summed E-state index contributed by atoms with van der Waals surface area (Å²) in [6.45, 7) is 0.424. The minimum atomic E-state index is -4.75. The van der Waals surface area contributed by atoms with Gasteiger partial charge in [-0.15, -0.1) is 0 Å². The Morgan fingerprint density at radius 1 is 1.11 bits per heavy atom. The number of nitrogens with two attached hydrogens (primary N) is 1. The number of rotatable bonds is 4. The summed E-state index contributed by atoms with van der Waals surface area (Å²) in [5.41, 5.74) is 7.76. The zero-order valence-electron chi connectivity index (χ0n) is 18.3. The van der Waals surface area contributed by atoms with Crippen molar-refractivity contribution in [3.63, 3.8) is 0 Å². The zero-order valence-corrected chi connectivity index (χ0v) is 18.3. The number of anilines is 3. The molecular formula is C23H17F4N7O2. The standard InChI is InChI=1S/C23H17F4N7O2/c24-14-5-13(23(25,26)27)6-16(7-14)33-22(35)32-15-3-1-12(2-4-15)19-17(18-8-29-11-36-18)9-34-20(19)21(28)30-10-31-34/h1-7,9-11,18H,8H2,(H2,28,30,31)(H2,32,33,35). The van der Waals surface area contributed by atoms with E-state index in [4.69, 9.17) is 10.5 Å². The van der Waals surface area contributed by atoms with Gasteiger partial charge in [0.15, 0.2) is 12.2 Å². The molecule has 0 saturated carbocycles. The van der Waals surface area contributed by atoms with Crippen molar-refractivity contribution in [1.29, 1.82) is 0 Å². The lowest BCUT2D eigenvalue weighted by Gasteiger charge is -2.13. The summed E-state index contributed by atoms with van der Waals surface area (Å²) in [6.07, 6.45) is -0.581. The van der Waals surface area contributed by atoms with Crippen molar-refractivity contribution in [2.75, 3.05) is 22.9 Å². The van der Waals surface area contributed by atoms with Crippen LogP contribution in [0.15, 0.2) is 60.0 Å². The number of nitrogen functional groups attached to an aromatic ring is 1. The van der Waals surface area contributed by atoms with Crippen LogP contribution in [0.4, 0.5) is 39.5 Å². The maximum atomic E-state index is 13.6. The average Bonchev–Trinajstić information content (AvgIpc) is 3.47. The molecule has 3 heterocycles. The van der Waals surface area contributed by atoms with Gasteiger partial charge in [-0.05, 0) is 35.9 Å². The molecule has 0 bridgehead atoms. The monoisotopic (exact) mass is 499 g/mol. The van der Waals surface area contributed by atoms with Crippen LogP contribution in [0.3, 0.4) is 0 Å². The van der Waals surface area contributed by atoms with Gasteiger partial charge in [-0.25, -0.2) is 18.7 Å². The fourth-order valence-electron chi connectivity index (χ4n) is 3.91. The number of ether oxygens (including phenoxy) is 1. The lowest BCUT2D eigenvalue weighted by Crippen LogP contribution is -2.20. The predicted octanol–water partition coefficient (Wildman–Crippen LogP) is 4.88. The fraction of sp³-hybridized carbons (Fsp3) is 0.130. The van der Waals surface area contributed by atoms with Crippen LogP contribution in [0, 0.1) is 5.82 Å². The first-order chi connectivity index (χ1) is 17.2. The van der Waals surface area contributed by atoms with Crippen molar-refractivity contribution in [2.45, 2.75) is 12.3 Å². The van der Waals surface area contributed by atoms with E-state index < -0.39 is 23.6 Å². The first-order valence-electron chi connectivity index (χ1n) is 10.5. The summed E-state index contributed by atoms with van der Waals surface area (Å²) in [5.74, 6) is -0.861. The van der Waals surface area contributed by atoms with Gasteiger partial charge < -0.3 is 21.1 Å². The number of hydrogen-bond acceptors (Lipinski definition) is 6. The fourth-order valence-corrected chi connectivity index (χ4v) is 3.91. The Kier molecular flexibility index (Phi) is 5.66. The number of hydrogen-bond donors (Lipinski definition) is 3. The number of nitrogens with zero attached hydrogens (tertiary/aromatic N) is 4. The quantitative estimate of drug-likeness (QED) is 0.346. The molecule has 4 N–H and O–H groups in total. The minimum Gasteiger partial charge on any atom is -0.474 e. The third-order valence-corrected chi connectivity index (χ3v) is 5.46. The predicted molar refractivity (Wildman–Crippen MR) is 124 cm³/mol. The van der Waals surface area contributed by atoms with Crippen molar-refractivity contribution in [2.24, 2.45) is 4.99 Å². The number of alkyl halides is 3. The summed E-state index contributed by atoms with van der Waals surface area (Å²) in [5, 5.41) is 8.92. The van der Waals surface area contributed by atoms with Crippen LogP contribution in [0.2, 0.25) is 0 Å². The molecule has 0 aliphatic carbocycles. The number of benzene rings is 2. The van der Waals surface area contributed by atoms with Crippen molar-refractivity contribution in [3.8, 4) is 11.1 Å². The van der Waals surface area contributed by atoms with E-state index in [2.05, 4.69) is 25.7 Å². The number of carbonyl (C=O) groups excluding carboxylic acids is 1. The topological polar surface area (TPSA) is 119 Å². The lowest BCUT2D eigenvalue weighted by atomic mass is 9.99. The number of amides is 2.